The number of carbonyl (C=O) groups excluding carboxylic acids is 1. The number of hydrogen-bond acceptors (Lipinski definition) is 2. The molecule has 144 valence electrons. The molecule has 3 nitrogen and oxygen atoms in total. The van der Waals surface area contributed by atoms with Crippen molar-refractivity contribution < 1.29 is 9.53 Å². The Morgan fingerprint density at radius 3 is 2.44 bits per heavy atom. The molecule has 1 amide bonds. The Morgan fingerprint density at radius 1 is 0.963 bits per heavy atom. The molecule has 1 aliphatic rings. The molecule has 0 spiro atoms. The van der Waals surface area contributed by atoms with Gasteiger partial charge in [-0.25, -0.2) is 0 Å². The van der Waals surface area contributed by atoms with Gasteiger partial charge in [-0.15, -0.1) is 0 Å². The van der Waals surface area contributed by atoms with Gasteiger partial charge in [-0.3, -0.25) is 4.79 Å². The predicted molar refractivity (Wildman–Crippen MR) is 111 cm³/mol. The Balaban J connectivity index is 1.58. The molecule has 1 aliphatic carbocycles. The van der Waals surface area contributed by atoms with Crippen molar-refractivity contribution in [2.24, 2.45) is 0 Å². The van der Waals surface area contributed by atoms with E-state index >= 15 is 0 Å². The van der Waals surface area contributed by atoms with Gasteiger partial charge in [0.05, 0.1) is 10.0 Å². The molecule has 2 aromatic rings. The lowest BCUT2D eigenvalue weighted by Gasteiger charge is -2.21. The van der Waals surface area contributed by atoms with E-state index in [4.69, 9.17) is 27.9 Å². The summed E-state index contributed by atoms with van der Waals surface area (Å²) < 4.78 is 5.82. The van der Waals surface area contributed by atoms with Crippen molar-refractivity contribution in [3.63, 3.8) is 0 Å². The van der Waals surface area contributed by atoms with Crippen molar-refractivity contribution in [3.05, 3.63) is 63.6 Å². The maximum absolute atomic E-state index is 12.6. The van der Waals surface area contributed by atoms with Gasteiger partial charge < -0.3 is 10.1 Å². The molecule has 2 aromatic carbocycles. The molecule has 0 saturated heterocycles. The van der Waals surface area contributed by atoms with E-state index in [1.54, 1.807) is 18.2 Å². The monoisotopic (exact) mass is 405 g/mol. The van der Waals surface area contributed by atoms with Gasteiger partial charge in [0, 0.05) is 11.6 Å². The molecule has 0 unspecified atom stereocenters. The van der Waals surface area contributed by atoms with Crippen LogP contribution in [0.2, 0.25) is 10.0 Å². The van der Waals surface area contributed by atoms with Crippen LogP contribution in [0.1, 0.15) is 60.9 Å². The molecule has 0 bridgehead atoms. The zero-order chi connectivity index (χ0) is 19.1. The number of rotatable bonds is 5. The van der Waals surface area contributed by atoms with Crippen LogP contribution in [0.3, 0.4) is 0 Å². The number of benzene rings is 2. The number of nitrogens with one attached hydrogen (secondary N) is 1. The first-order valence-electron chi connectivity index (χ1n) is 9.59. The Hall–Kier alpha value is -1.71. The minimum Gasteiger partial charge on any atom is -0.489 e. The largest absolute Gasteiger partial charge is 0.489 e. The summed E-state index contributed by atoms with van der Waals surface area (Å²) in [7, 11) is 0. The second-order valence-corrected chi connectivity index (χ2v) is 7.89. The second-order valence-electron chi connectivity index (χ2n) is 7.08. The molecule has 0 radical (unpaired) electrons. The Kier molecular flexibility index (Phi) is 7.42. The summed E-state index contributed by atoms with van der Waals surface area (Å²) in [5.74, 6) is 0.631. The molecule has 0 heterocycles. The quantitative estimate of drug-likeness (QED) is 0.623. The van der Waals surface area contributed by atoms with Crippen molar-refractivity contribution in [1.82, 2.24) is 5.32 Å². The summed E-state index contributed by atoms with van der Waals surface area (Å²) in [6.45, 7) is 0.366. The van der Waals surface area contributed by atoms with E-state index in [1.807, 2.05) is 24.3 Å². The lowest BCUT2D eigenvalue weighted by atomic mass is 9.96. The Morgan fingerprint density at radius 2 is 1.70 bits per heavy atom. The number of amides is 1. The van der Waals surface area contributed by atoms with Crippen molar-refractivity contribution in [3.8, 4) is 5.75 Å². The maximum atomic E-state index is 12.6. The van der Waals surface area contributed by atoms with E-state index in [0.29, 0.717) is 28.0 Å². The van der Waals surface area contributed by atoms with Crippen molar-refractivity contribution in [1.29, 1.82) is 0 Å². The van der Waals surface area contributed by atoms with Gasteiger partial charge in [-0.2, -0.15) is 0 Å². The fourth-order valence-electron chi connectivity index (χ4n) is 3.39. The molecule has 0 atom stereocenters. The van der Waals surface area contributed by atoms with Crippen molar-refractivity contribution in [2.45, 2.75) is 57.6 Å². The van der Waals surface area contributed by atoms with E-state index in [9.17, 15) is 4.79 Å². The van der Waals surface area contributed by atoms with E-state index in [1.165, 1.54) is 32.1 Å². The Labute approximate surface area is 171 Å². The van der Waals surface area contributed by atoms with Gasteiger partial charge in [0.2, 0.25) is 0 Å². The van der Waals surface area contributed by atoms with Gasteiger partial charge in [0.25, 0.3) is 5.91 Å². The fourth-order valence-corrected chi connectivity index (χ4v) is 3.71. The molecule has 3 rings (SSSR count). The predicted octanol–water partition coefficient (Wildman–Crippen LogP) is 6.42. The number of ether oxygens (including phenoxy) is 1. The van der Waals surface area contributed by atoms with Gasteiger partial charge in [0.15, 0.2) is 0 Å². The maximum Gasteiger partial charge on any atom is 0.251 e. The minimum atomic E-state index is -0.0273. The molecule has 1 N–H and O–H groups in total. The van der Waals surface area contributed by atoms with Crippen molar-refractivity contribution >= 4 is 29.1 Å². The Bertz CT molecular complexity index is 771. The standard InChI is InChI=1S/C22H25Cl2NO2/c23-20-12-11-16(13-21(20)24)15-27-19-10-6-7-17(14-19)22(26)25-18-8-4-2-1-3-5-9-18/h6-7,10-14,18H,1-5,8-9,15H2,(H,25,26). The van der Waals surface area contributed by atoms with Crippen LogP contribution >= 0.6 is 23.2 Å². The molecule has 1 saturated carbocycles. The number of halogens is 2. The van der Waals surface area contributed by atoms with Crippen LogP contribution in [0.4, 0.5) is 0 Å². The van der Waals surface area contributed by atoms with E-state index in [-0.39, 0.29) is 11.9 Å². The van der Waals surface area contributed by atoms with Gasteiger partial charge in [-0.05, 0) is 48.7 Å². The summed E-state index contributed by atoms with van der Waals surface area (Å²) >= 11 is 12.0. The first-order chi connectivity index (χ1) is 13.1. The van der Waals surface area contributed by atoms with Gasteiger partial charge >= 0.3 is 0 Å². The third-order valence-electron chi connectivity index (χ3n) is 4.93. The molecule has 0 aromatic heterocycles. The van der Waals surface area contributed by atoms with Crippen LogP contribution in [-0.2, 0) is 6.61 Å². The van der Waals surface area contributed by atoms with Crippen LogP contribution in [0.25, 0.3) is 0 Å². The average Bonchev–Trinajstić information content (AvgIpc) is 2.65. The lowest BCUT2D eigenvalue weighted by molar-refractivity contribution is 0.0930. The fraction of sp³-hybridized carbons (Fsp3) is 0.409. The highest BCUT2D eigenvalue weighted by Crippen LogP contribution is 2.24. The molecule has 0 aliphatic heterocycles. The van der Waals surface area contributed by atoms with E-state index < -0.39 is 0 Å². The highest BCUT2D eigenvalue weighted by atomic mass is 35.5. The highest BCUT2D eigenvalue weighted by Gasteiger charge is 2.15. The molecule has 27 heavy (non-hydrogen) atoms. The molecular weight excluding hydrogens is 381 g/mol. The average molecular weight is 406 g/mol. The van der Waals surface area contributed by atoms with Crippen LogP contribution in [0.5, 0.6) is 5.75 Å². The first-order valence-corrected chi connectivity index (χ1v) is 10.3. The third kappa shape index (κ3) is 6.15. The summed E-state index contributed by atoms with van der Waals surface area (Å²) in [6, 6.07) is 13.0. The van der Waals surface area contributed by atoms with E-state index in [0.717, 1.165) is 18.4 Å². The highest BCUT2D eigenvalue weighted by molar-refractivity contribution is 6.42. The summed E-state index contributed by atoms with van der Waals surface area (Å²) in [5.41, 5.74) is 1.55. The lowest BCUT2D eigenvalue weighted by Crippen LogP contribution is -2.35. The summed E-state index contributed by atoms with van der Waals surface area (Å²) in [6.07, 6.45) is 8.38. The van der Waals surface area contributed by atoms with Crippen LogP contribution in [0, 0.1) is 0 Å². The first kappa shape index (κ1) is 20.0. The zero-order valence-corrected chi connectivity index (χ0v) is 16.9. The van der Waals surface area contributed by atoms with Crippen LogP contribution < -0.4 is 10.1 Å². The van der Waals surface area contributed by atoms with Crippen LogP contribution in [-0.4, -0.2) is 11.9 Å². The van der Waals surface area contributed by atoms with Crippen molar-refractivity contribution in [2.75, 3.05) is 0 Å². The summed E-state index contributed by atoms with van der Waals surface area (Å²) in [4.78, 5) is 12.6. The molecule has 1 fully saturated rings. The second kappa shape index (κ2) is 10.0. The van der Waals surface area contributed by atoms with Gasteiger partial charge in [-0.1, -0.05) is 67.4 Å². The zero-order valence-electron chi connectivity index (χ0n) is 15.3. The SMILES string of the molecule is O=C(NC1CCCCCCC1)c1cccc(OCc2ccc(Cl)c(Cl)c2)c1. The normalized spacial score (nSPS) is 15.6. The van der Waals surface area contributed by atoms with Crippen LogP contribution in [0.15, 0.2) is 42.5 Å². The summed E-state index contributed by atoms with van der Waals surface area (Å²) in [5, 5.41) is 4.22. The number of hydrogen-bond donors (Lipinski definition) is 1. The third-order valence-corrected chi connectivity index (χ3v) is 5.67. The minimum absolute atomic E-state index is 0.0273. The number of carbonyl (C=O) groups is 1. The molecular formula is C22H25Cl2NO2. The topological polar surface area (TPSA) is 38.3 Å². The van der Waals surface area contributed by atoms with E-state index in [2.05, 4.69) is 5.32 Å². The smallest absolute Gasteiger partial charge is 0.251 e. The molecule has 5 heteroatoms. The van der Waals surface area contributed by atoms with Gasteiger partial charge in [0.1, 0.15) is 12.4 Å².